The van der Waals surface area contributed by atoms with Crippen LogP contribution in [0.25, 0.3) is 0 Å². The maximum atomic E-state index is 5.93. The van der Waals surface area contributed by atoms with E-state index in [1.54, 1.807) is 7.11 Å². The predicted octanol–water partition coefficient (Wildman–Crippen LogP) is 3.09. The van der Waals surface area contributed by atoms with Gasteiger partial charge in [0.05, 0.1) is 31.4 Å². The van der Waals surface area contributed by atoms with Gasteiger partial charge in [0.2, 0.25) is 0 Å². The Bertz CT molecular complexity index is 600. The van der Waals surface area contributed by atoms with Gasteiger partial charge in [-0.2, -0.15) is 0 Å². The Morgan fingerprint density at radius 1 is 1.30 bits per heavy atom. The number of halogens is 1. The molecule has 2 bridgehead atoms. The average molecular weight is 489 g/mol. The van der Waals surface area contributed by atoms with Crippen LogP contribution in [0.5, 0.6) is 5.75 Å². The molecule has 0 radical (unpaired) electrons. The highest BCUT2D eigenvalue weighted by Gasteiger charge is 2.41. The van der Waals surface area contributed by atoms with Crippen LogP contribution < -0.4 is 15.4 Å². The van der Waals surface area contributed by atoms with Crippen molar-refractivity contribution in [3.8, 4) is 5.75 Å². The largest absolute Gasteiger partial charge is 0.493 e. The van der Waals surface area contributed by atoms with E-state index in [2.05, 4.69) is 29.7 Å². The number of aliphatic imine (C=N–C) groups is 1. The summed E-state index contributed by atoms with van der Waals surface area (Å²) in [6.45, 7) is 4.93. The summed E-state index contributed by atoms with van der Waals surface area (Å²) >= 11 is 0. The number of guanidine groups is 1. The van der Waals surface area contributed by atoms with Gasteiger partial charge in [-0.15, -0.1) is 24.0 Å². The van der Waals surface area contributed by atoms with Crippen molar-refractivity contribution < 1.29 is 14.2 Å². The minimum atomic E-state index is 0. The summed E-state index contributed by atoms with van der Waals surface area (Å²) in [6, 6.07) is 8.51. The molecule has 7 heteroatoms. The highest BCUT2D eigenvalue weighted by Crippen LogP contribution is 2.34. The van der Waals surface area contributed by atoms with E-state index >= 15 is 0 Å². The Hall–Kier alpha value is -1.06. The van der Waals surface area contributed by atoms with Gasteiger partial charge < -0.3 is 24.8 Å². The normalized spacial score (nSPS) is 23.8. The van der Waals surface area contributed by atoms with Crippen LogP contribution in [0.15, 0.2) is 29.3 Å². The molecule has 2 aliphatic heterocycles. The molecule has 0 aromatic heterocycles. The van der Waals surface area contributed by atoms with E-state index in [4.69, 9.17) is 19.2 Å². The van der Waals surface area contributed by atoms with Gasteiger partial charge in [-0.3, -0.25) is 0 Å². The lowest BCUT2D eigenvalue weighted by molar-refractivity contribution is 0.0992. The topological polar surface area (TPSA) is 64.1 Å². The molecule has 6 nitrogen and oxygen atoms in total. The average Bonchev–Trinajstić information content (AvgIpc) is 3.27. The number of methoxy groups -OCH3 is 1. The first kappa shape index (κ1) is 22.2. The van der Waals surface area contributed by atoms with Gasteiger partial charge in [0.25, 0.3) is 0 Å². The van der Waals surface area contributed by atoms with Gasteiger partial charge >= 0.3 is 0 Å². The Kier molecular flexibility index (Phi) is 9.64. The van der Waals surface area contributed by atoms with Gasteiger partial charge in [-0.05, 0) is 43.9 Å². The number of fused-ring (bicyclic) bond motifs is 2. The second kappa shape index (κ2) is 11.7. The van der Waals surface area contributed by atoms with Gasteiger partial charge in [0, 0.05) is 26.7 Å². The fourth-order valence-electron chi connectivity index (χ4n) is 3.58. The van der Waals surface area contributed by atoms with E-state index in [1.807, 2.05) is 12.1 Å². The lowest BCUT2D eigenvalue weighted by Gasteiger charge is -2.22. The molecule has 152 valence electrons. The maximum Gasteiger partial charge on any atom is 0.191 e. The first-order valence-corrected chi connectivity index (χ1v) is 9.69. The first-order chi connectivity index (χ1) is 12.8. The Morgan fingerprint density at radius 2 is 2.19 bits per heavy atom. The highest BCUT2D eigenvalue weighted by atomic mass is 127. The van der Waals surface area contributed by atoms with E-state index in [0.717, 1.165) is 43.1 Å². The van der Waals surface area contributed by atoms with Crippen LogP contribution in [-0.4, -0.2) is 51.1 Å². The van der Waals surface area contributed by atoms with Crippen molar-refractivity contribution in [3.63, 3.8) is 0 Å². The Labute approximate surface area is 179 Å². The zero-order valence-corrected chi connectivity index (χ0v) is 18.6. The Morgan fingerprint density at radius 3 is 2.89 bits per heavy atom. The summed E-state index contributed by atoms with van der Waals surface area (Å²) < 4.78 is 16.7. The molecule has 0 amide bonds. The molecule has 3 rings (SSSR count). The third kappa shape index (κ3) is 6.80. The van der Waals surface area contributed by atoms with Crippen molar-refractivity contribution in [2.45, 2.75) is 57.4 Å². The van der Waals surface area contributed by atoms with E-state index in [-0.39, 0.29) is 24.0 Å². The van der Waals surface area contributed by atoms with Crippen LogP contribution in [0, 0.1) is 0 Å². The summed E-state index contributed by atoms with van der Waals surface area (Å²) in [7, 11) is 1.71. The molecule has 0 aliphatic carbocycles. The zero-order valence-electron chi connectivity index (χ0n) is 16.3. The third-order valence-corrected chi connectivity index (χ3v) is 4.85. The monoisotopic (exact) mass is 489 g/mol. The number of rotatable bonds is 9. The van der Waals surface area contributed by atoms with Gasteiger partial charge in [-0.25, -0.2) is 4.99 Å². The first-order valence-electron chi connectivity index (χ1n) is 9.69. The lowest BCUT2D eigenvalue weighted by atomic mass is 9.96. The fraction of sp³-hybridized carbons (Fsp3) is 0.650. The molecule has 0 spiro atoms. The SMILES string of the molecule is CCNC(=NCc1cccc(OCCCOC)c1)NC1CC2CCC1O2.I. The molecule has 3 unspecified atom stereocenters. The minimum absolute atomic E-state index is 0. The molecule has 2 fully saturated rings. The molecular weight excluding hydrogens is 457 g/mol. The number of nitrogens with one attached hydrogen (secondary N) is 2. The summed E-state index contributed by atoms with van der Waals surface area (Å²) in [5, 5.41) is 6.89. The van der Waals surface area contributed by atoms with Crippen LogP contribution in [0.3, 0.4) is 0 Å². The van der Waals surface area contributed by atoms with Gasteiger partial charge in [-0.1, -0.05) is 12.1 Å². The van der Waals surface area contributed by atoms with E-state index in [1.165, 1.54) is 6.42 Å². The molecular formula is C20H32IN3O3. The minimum Gasteiger partial charge on any atom is -0.493 e. The molecule has 2 saturated heterocycles. The van der Waals surface area contributed by atoms with Crippen molar-refractivity contribution in [1.29, 1.82) is 0 Å². The summed E-state index contributed by atoms with van der Waals surface area (Å²) in [5.41, 5.74) is 1.13. The third-order valence-electron chi connectivity index (χ3n) is 4.85. The molecule has 3 atom stereocenters. The van der Waals surface area contributed by atoms with Crippen LogP contribution in [0.4, 0.5) is 0 Å². The number of hydrogen-bond donors (Lipinski definition) is 2. The van der Waals surface area contributed by atoms with Crippen molar-refractivity contribution in [2.24, 2.45) is 4.99 Å². The van der Waals surface area contributed by atoms with E-state index < -0.39 is 0 Å². The van der Waals surface area contributed by atoms with Crippen molar-refractivity contribution >= 4 is 29.9 Å². The molecule has 0 saturated carbocycles. The molecule has 2 heterocycles. The summed E-state index contributed by atoms with van der Waals surface area (Å²) in [6.07, 6.45) is 5.11. The highest BCUT2D eigenvalue weighted by molar-refractivity contribution is 14.0. The second-order valence-corrected chi connectivity index (χ2v) is 6.90. The number of hydrogen-bond acceptors (Lipinski definition) is 4. The lowest BCUT2D eigenvalue weighted by Crippen LogP contribution is -2.47. The number of ether oxygens (including phenoxy) is 3. The quantitative estimate of drug-likeness (QED) is 0.242. The van der Waals surface area contributed by atoms with E-state index in [9.17, 15) is 0 Å². The smallest absolute Gasteiger partial charge is 0.191 e. The molecule has 1 aromatic rings. The maximum absolute atomic E-state index is 5.93. The standard InChI is InChI=1S/C20H31N3O3.HI/c1-3-21-20(23-18-13-17-8-9-19(18)26-17)22-14-15-6-4-7-16(12-15)25-11-5-10-24-2;/h4,6-7,12,17-19H,3,5,8-11,13-14H2,1-2H3,(H2,21,22,23);1H. The second-order valence-electron chi connectivity index (χ2n) is 6.90. The molecule has 27 heavy (non-hydrogen) atoms. The van der Waals surface area contributed by atoms with Crippen molar-refractivity contribution in [3.05, 3.63) is 29.8 Å². The van der Waals surface area contributed by atoms with Crippen molar-refractivity contribution in [1.82, 2.24) is 10.6 Å². The van der Waals surface area contributed by atoms with E-state index in [0.29, 0.717) is 38.0 Å². The molecule has 2 aliphatic rings. The fourth-order valence-corrected chi connectivity index (χ4v) is 3.58. The summed E-state index contributed by atoms with van der Waals surface area (Å²) in [4.78, 5) is 4.74. The molecule has 1 aromatic carbocycles. The predicted molar refractivity (Wildman–Crippen MR) is 118 cm³/mol. The number of nitrogens with zero attached hydrogens (tertiary/aromatic N) is 1. The van der Waals surface area contributed by atoms with Crippen LogP contribution >= 0.6 is 24.0 Å². The van der Waals surface area contributed by atoms with Crippen LogP contribution in [-0.2, 0) is 16.0 Å². The van der Waals surface area contributed by atoms with Crippen LogP contribution in [0.2, 0.25) is 0 Å². The van der Waals surface area contributed by atoms with Gasteiger partial charge in [0.1, 0.15) is 5.75 Å². The van der Waals surface area contributed by atoms with Crippen LogP contribution in [0.1, 0.15) is 38.2 Å². The number of benzene rings is 1. The zero-order chi connectivity index (χ0) is 18.2. The van der Waals surface area contributed by atoms with Crippen molar-refractivity contribution in [2.75, 3.05) is 26.9 Å². The Balaban J connectivity index is 0.00000261. The molecule has 2 N–H and O–H groups in total. The van der Waals surface area contributed by atoms with Gasteiger partial charge in [0.15, 0.2) is 5.96 Å². The summed E-state index contributed by atoms with van der Waals surface area (Å²) in [5.74, 6) is 1.74.